The van der Waals surface area contributed by atoms with Gasteiger partial charge in [0.1, 0.15) is 6.07 Å². The van der Waals surface area contributed by atoms with Crippen molar-refractivity contribution in [1.29, 1.82) is 5.26 Å². The third-order valence-corrected chi connectivity index (χ3v) is 3.83. The van der Waals surface area contributed by atoms with Gasteiger partial charge in [-0.15, -0.1) is 5.10 Å². The van der Waals surface area contributed by atoms with Crippen molar-refractivity contribution in [2.24, 2.45) is 0 Å². The Hall–Kier alpha value is -3.65. The first-order valence-electron chi connectivity index (χ1n) is 7.46. The third kappa shape index (κ3) is 2.36. The van der Waals surface area contributed by atoms with Gasteiger partial charge in [-0.2, -0.15) is 5.26 Å². The molecule has 2 heterocycles. The van der Waals surface area contributed by atoms with Crippen molar-refractivity contribution in [2.45, 2.75) is 0 Å². The van der Waals surface area contributed by atoms with Crippen LogP contribution in [0, 0.1) is 11.3 Å². The molecule has 5 heteroatoms. The van der Waals surface area contributed by atoms with E-state index in [1.807, 2.05) is 66.9 Å². The molecule has 0 spiro atoms. The third-order valence-electron chi connectivity index (χ3n) is 3.83. The van der Waals surface area contributed by atoms with Gasteiger partial charge in [0.15, 0.2) is 11.5 Å². The van der Waals surface area contributed by atoms with Crippen LogP contribution in [0.2, 0.25) is 0 Å². The average Bonchev–Trinajstić information content (AvgIpc) is 3.06. The lowest BCUT2D eigenvalue weighted by Gasteiger charge is -2.03. The van der Waals surface area contributed by atoms with Gasteiger partial charge in [0, 0.05) is 23.0 Å². The van der Waals surface area contributed by atoms with Gasteiger partial charge in [0.25, 0.3) is 0 Å². The van der Waals surface area contributed by atoms with Gasteiger partial charge in [-0.1, -0.05) is 30.3 Å². The topological polar surface area (TPSA) is 80.0 Å². The second kappa shape index (κ2) is 5.52. The van der Waals surface area contributed by atoms with Crippen LogP contribution in [0.25, 0.3) is 28.2 Å². The number of nitriles is 1. The smallest absolute Gasteiger partial charge is 0.182 e. The SMILES string of the molecule is N#Cc1cc(-c2ccccc2)cn2nc(-c3ccc(N)cc3)nc12. The van der Waals surface area contributed by atoms with E-state index in [-0.39, 0.29) is 0 Å². The van der Waals surface area contributed by atoms with Gasteiger partial charge in [0.05, 0.1) is 5.56 Å². The molecule has 0 saturated heterocycles. The molecule has 0 bridgehead atoms. The number of fused-ring (bicyclic) bond motifs is 1. The molecule has 24 heavy (non-hydrogen) atoms. The highest BCUT2D eigenvalue weighted by Gasteiger charge is 2.12. The lowest BCUT2D eigenvalue weighted by Crippen LogP contribution is -1.93. The molecule has 5 nitrogen and oxygen atoms in total. The summed E-state index contributed by atoms with van der Waals surface area (Å²) in [5.41, 5.74) is 10.3. The predicted octanol–water partition coefficient (Wildman–Crippen LogP) is 3.52. The molecule has 0 aliphatic rings. The van der Waals surface area contributed by atoms with Gasteiger partial charge in [-0.3, -0.25) is 0 Å². The van der Waals surface area contributed by atoms with E-state index in [0.717, 1.165) is 16.7 Å². The number of hydrogen-bond donors (Lipinski definition) is 1. The number of nitrogen functional groups attached to an aromatic ring is 1. The monoisotopic (exact) mass is 311 g/mol. The Morgan fingerprint density at radius 3 is 2.38 bits per heavy atom. The molecule has 0 saturated carbocycles. The Morgan fingerprint density at radius 2 is 1.67 bits per heavy atom. The highest BCUT2D eigenvalue weighted by Crippen LogP contribution is 2.24. The highest BCUT2D eigenvalue weighted by molar-refractivity contribution is 5.71. The molecule has 4 aromatic rings. The first-order chi connectivity index (χ1) is 11.7. The Morgan fingerprint density at radius 1 is 0.917 bits per heavy atom. The van der Waals surface area contributed by atoms with Gasteiger partial charge >= 0.3 is 0 Å². The zero-order valence-electron chi connectivity index (χ0n) is 12.7. The van der Waals surface area contributed by atoms with E-state index < -0.39 is 0 Å². The first-order valence-corrected chi connectivity index (χ1v) is 7.46. The van der Waals surface area contributed by atoms with Crippen molar-refractivity contribution < 1.29 is 0 Å². The van der Waals surface area contributed by atoms with Crippen molar-refractivity contribution in [3.8, 4) is 28.6 Å². The van der Waals surface area contributed by atoms with Crippen molar-refractivity contribution in [3.63, 3.8) is 0 Å². The standard InChI is InChI=1S/C19H13N5/c20-11-15-10-16(13-4-2-1-3-5-13)12-24-19(15)22-18(23-24)14-6-8-17(21)9-7-14/h1-10,12H,21H2. The summed E-state index contributed by atoms with van der Waals surface area (Å²) < 4.78 is 1.66. The number of rotatable bonds is 2. The van der Waals surface area contributed by atoms with E-state index in [1.54, 1.807) is 4.52 Å². The number of hydrogen-bond acceptors (Lipinski definition) is 4. The molecule has 2 aromatic carbocycles. The second-order valence-electron chi connectivity index (χ2n) is 5.45. The van der Waals surface area contributed by atoms with Crippen LogP contribution in [0.3, 0.4) is 0 Å². The number of benzene rings is 2. The quantitative estimate of drug-likeness (QED) is 0.574. The maximum Gasteiger partial charge on any atom is 0.182 e. The van der Waals surface area contributed by atoms with Crippen molar-refractivity contribution in [1.82, 2.24) is 14.6 Å². The minimum absolute atomic E-state index is 0.491. The number of aromatic nitrogens is 3. The summed E-state index contributed by atoms with van der Waals surface area (Å²) in [6.07, 6.45) is 1.89. The molecule has 0 unspecified atom stereocenters. The summed E-state index contributed by atoms with van der Waals surface area (Å²) in [4.78, 5) is 4.51. The zero-order valence-corrected chi connectivity index (χ0v) is 12.7. The van der Waals surface area contributed by atoms with E-state index >= 15 is 0 Å². The average molecular weight is 311 g/mol. The van der Waals surface area contributed by atoms with Gasteiger partial charge in [0.2, 0.25) is 0 Å². The van der Waals surface area contributed by atoms with Crippen molar-refractivity contribution in [2.75, 3.05) is 5.73 Å². The molecule has 114 valence electrons. The molecule has 2 aromatic heterocycles. The Kier molecular flexibility index (Phi) is 3.22. The van der Waals surface area contributed by atoms with E-state index in [0.29, 0.717) is 22.7 Å². The summed E-state index contributed by atoms with van der Waals surface area (Å²) in [5, 5.41) is 14.0. The van der Waals surface area contributed by atoms with E-state index in [2.05, 4.69) is 16.2 Å². The molecule has 0 aliphatic heterocycles. The molecule has 2 N–H and O–H groups in total. The lowest BCUT2D eigenvalue weighted by atomic mass is 10.1. The molecule has 0 amide bonds. The second-order valence-corrected chi connectivity index (χ2v) is 5.45. The Balaban J connectivity index is 1.90. The molecule has 0 radical (unpaired) electrons. The van der Waals surface area contributed by atoms with Crippen LogP contribution in [-0.4, -0.2) is 14.6 Å². The van der Waals surface area contributed by atoms with Crippen LogP contribution in [-0.2, 0) is 0 Å². The largest absolute Gasteiger partial charge is 0.399 e. The predicted molar refractivity (Wildman–Crippen MR) is 93.0 cm³/mol. The van der Waals surface area contributed by atoms with Crippen molar-refractivity contribution >= 4 is 11.3 Å². The Labute approximate surface area is 138 Å². The zero-order chi connectivity index (χ0) is 16.5. The normalized spacial score (nSPS) is 10.6. The van der Waals surface area contributed by atoms with E-state index in [9.17, 15) is 5.26 Å². The Bertz CT molecular complexity index is 1060. The summed E-state index contributed by atoms with van der Waals surface area (Å²) in [5.74, 6) is 0.566. The van der Waals surface area contributed by atoms with E-state index in [1.165, 1.54) is 0 Å². The number of pyridine rings is 1. The summed E-state index contributed by atoms with van der Waals surface area (Å²) in [6, 6.07) is 21.3. The first kappa shape index (κ1) is 14.0. The number of nitrogens with zero attached hydrogens (tertiary/aromatic N) is 4. The molecule has 0 aliphatic carbocycles. The van der Waals surface area contributed by atoms with Crippen molar-refractivity contribution in [3.05, 3.63) is 72.4 Å². The number of anilines is 1. The fourth-order valence-corrected chi connectivity index (χ4v) is 2.61. The van der Waals surface area contributed by atoms with Gasteiger partial charge < -0.3 is 5.73 Å². The maximum absolute atomic E-state index is 9.48. The minimum atomic E-state index is 0.491. The lowest BCUT2D eigenvalue weighted by molar-refractivity contribution is 0.965. The minimum Gasteiger partial charge on any atom is -0.399 e. The molecule has 0 atom stereocenters. The molecular formula is C19H13N5. The molecular weight excluding hydrogens is 298 g/mol. The molecule has 0 fully saturated rings. The fourth-order valence-electron chi connectivity index (χ4n) is 2.61. The summed E-state index contributed by atoms with van der Waals surface area (Å²) in [6.45, 7) is 0. The summed E-state index contributed by atoms with van der Waals surface area (Å²) >= 11 is 0. The van der Waals surface area contributed by atoms with Crippen LogP contribution in [0.1, 0.15) is 5.56 Å². The highest BCUT2D eigenvalue weighted by atomic mass is 15.3. The number of nitrogens with two attached hydrogens (primary N) is 1. The van der Waals surface area contributed by atoms with Crippen LogP contribution >= 0.6 is 0 Å². The van der Waals surface area contributed by atoms with E-state index in [4.69, 9.17) is 5.73 Å². The summed E-state index contributed by atoms with van der Waals surface area (Å²) in [7, 11) is 0. The van der Waals surface area contributed by atoms with Crippen LogP contribution in [0.4, 0.5) is 5.69 Å². The molecule has 4 rings (SSSR count). The van der Waals surface area contributed by atoms with Gasteiger partial charge in [-0.05, 0) is 35.9 Å². The maximum atomic E-state index is 9.48. The van der Waals surface area contributed by atoms with Crippen LogP contribution in [0.5, 0.6) is 0 Å². The van der Waals surface area contributed by atoms with Gasteiger partial charge in [-0.25, -0.2) is 9.50 Å². The van der Waals surface area contributed by atoms with Crippen LogP contribution < -0.4 is 5.73 Å². The van der Waals surface area contributed by atoms with Crippen LogP contribution in [0.15, 0.2) is 66.9 Å². The fraction of sp³-hybridized carbons (Fsp3) is 0.